The van der Waals surface area contributed by atoms with Crippen molar-refractivity contribution in [2.24, 2.45) is 0 Å². The molecular weight excluding hydrogens is 491 g/mol. The van der Waals surface area contributed by atoms with Gasteiger partial charge in [0.25, 0.3) is 5.91 Å². The molecule has 3 aromatic rings. The quantitative estimate of drug-likeness (QED) is 0.166. The number of hydrogen-bond acceptors (Lipinski definition) is 8. The fraction of sp³-hybridized carbons (Fsp3) is 0.286. The molecule has 0 bridgehead atoms. The normalized spacial score (nSPS) is 11.4. The minimum Gasteiger partial charge on any atom is -0.457 e. The van der Waals surface area contributed by atoms with Crippen molar-refractivity contribution in [3.63, 3.8) is 0 Å². The maximum atomic E-state index is 11.7. The molecule has 1 atom stereocenters. The van der Waals surface area contributed by atoms with Gasteiger partial charge in [0.1, 0.15) is 18.5 Å². The van der Waals surface area contributed by atoms with E-state index in [0.29, 0.717) is 17.3 Å². The van der Waals surface area contributed by atoms with Crippen molar-refractivity contribution in [1.29, 1.82) is 0 Å². The predicted molar refractivity (Wildman–Crippen MR) is 124 cm³/mol. The van der Waals surface area contributed by atoms with Gasteiger partial charge in [-0.25, -0.2) is 14.3 Å². The predicted octanol–water partition coefficient (Wildman–Crippen LogP) is 3.75. The van der Waals surface area contributed by atoms with Crippen LogP contribution in [0.4, 0.5) is 11.5 Å². The number of nitro groups is 1. The molecule has 0 saturated heterocycles. The van der Waals surface area contributed by atoms with Crippen molar-refractivity contribution in [2.45, 2.75) is 31.3 Å². The zero-order valence-corrected chi connectivity index (χ0v) is 19.9. The zero-order chi connectivity index (χ0) is 25.4. The van der Waals surface area contributed by atoms with E-state index >= 15 is 0 Å². The Morgan fingerprint density at radius 1 is 1.29 bits per heavy atom. The number of anilines is 1. The van der Waals surface area contributed by atoms with Crippen molar-refractivity contribution < 1.29 is 28.8 Å². The number of carbonyl (C=O) groups is 2. The molecule has 1 unspecified atom stereocenters. The van der Waals surface area contributed by atoms with Gasteiger partial charge in [0.2, 0.25) is 5.76 Å². The lowest BCUT2D eigenvalue weighted by molar-refractivity contribution is -0.392. The highest BCUT2D eigenvalue weighted by Crippen LogP contribution is 2.21. The van der Waals surface area contributed by atoms with Crippen molar-refractivity contribution >= 4 is 46.6 Å². The monoisotopic (exact) mass is 512 g/mol. The van der Waals surface area contributed by atoms with E-state index in [1.165, 1.54) is 28.0 Å². The third kappa shape index (κ3) is 7.30. The highest BCUT2D eigenvalue weighted by molar-refractivity contribution is 6.54. The van der Waals surface area contributed by atoms with Crippen LogP contribution in [0.1, 0.15) is 23.3 Å². The number of carbonyl (C=O) groups excluding carboxylic acids is 2. The number of benzene rings is 1. The van der Waals surface area contributed by atoms with Crippen LogP contribution < -0.4 is 9.64 Å². The highest BCUT2D eigenvalue weighted by Gasteiger charge is 2.19. The molecule has 0 aliphatic carbocycles. The maximum Gasteiger partial charge on any atom is 0.379 e. The van der Waals surface area contributed by atoms with Gasteiger partial charge in [-0.2, -0.15) is 0 Å². The summed E-state index contributed by atoms with van der Waals surface area (Å²) in [5.41, 5.74) is 0.573. The number of ether oxygens (including phenoxy) is 1. The number of imidazole rings is 1. The maximum absolute atomic E-state index is 11.7. The summed E-state index contributed by atoms with van der Waals surface area (Å²) >= 11 is 11.0. The molecule has 1 aromatic carbocycles. The van der Waals surface area contributed by atoms with Crippen LogP contribution >= 0.6 is 23.2 Å². The summed E-state index contributed by atoms with van der Waals surface area (Å²) in [5.74, 6) is -0.156. The minimum atomic E-state index is -1.13. The number of amides is 1. The summed E-state index contributed by atoms with van der Waals surface area (Å²) in [4.78, 5) is 37.2. The Labute approximate surface area is 204 Å². The van der Waals surface area contributed by atoms with E-state index in [2.05, 4.69) is 4.98 Å². The molecule has 34 heavy (non-hydrogen) atoms. The number of nitrogens with zero attached hydrogens (tertiary/aromatic N) is 4. The van der Waals surface area contributed by atoms with Crippen LogP contribution in [-0.2, 0) is 11.3 Å². The zero-order valence-electron chi connectivity index (χ0n) is 18.4. The van der Waals surface area contributed by atoms with Gasteiger partial charge in [0.05, 0.1) is 12.4 Å². The molecule has 0 radical (unpaired) electrons. The summed E-state index contributed by atoms with van der Waals surface area (Å²) in [7, 11) is 1.55. The number of furan rings is 1. The van der Waals surface area contributed by atoms with Gasteiger partial charge < -0.3 is 29.3 Å². The molecule has 0 aliphatic rings. The summed E-state index contributed by atoms with van der Waals surface area (Å²) in [6.45, 7) is 3.43. The highest BCUT2D eigenvalue weighted by atomic mass is 35.5. The number of aliphatic hydroxyl groups is 1. The molecule has 0 spiro atoms. The fourth-order valence-electron chi connectivity index (χ4n) is 2.66. The largest absolute Gasteiger partial charge is 0.457 e. The number of aryl methyl sites for hydroxylation is 1. The Morgan fingerprint density at radius 3 is 2.44 bits per heavy atom. The lowest BCUT2D eigenvalue weighted by Gasteiger charge is -2.17. The van der Waals surface area contributed by atoms with Crippen molar-refractivity contribution in [1.82, 2.24) is 9.55 Å². The van der Waals surface area contributed by atoms with Gasteiger partial charge in [0.15, 0.2) is 10.7 Å². The Kier molecular flexibility index (Phi) is 9.60. The average molecular weight is 513 g/mol. The number of aliphatic hydroxyl groups excluding tert-OH is 1. The van der Waals surface area contributed by atoms with Crippen molar-refractivity contribution in [3.8, 4) is 5.75 Å². The topological polar surface area (TPSA) is 141 Å². The second-order valence-electron chi connectivity index (χ2n) is 6.94. The number of alkyl halides is 2. The molecule has 11 nitrogen and oxygen atoms in total. The van der Waals surface area contributed by atoms with E-state index in [1.807, 2.05) is 0 Å². The fourth-order valence-corrected chi connectivity index (χ4v) is 2.95. The Bertz CT molecular complexity index is 1110. The third-order valence-corrected chi connectivity index (χ3v) is 4.72. The first kappa shape index (κ1) is 26.8. The smallest absolute Gasteiger partial charge is 0.379 e. The summed E-state index contributed by atoms with van der Waals surface area (Å²) in [5, 5.41) is 19.6. The molecule has 0 saturated carbocycles. The first-order valence-electron chi connectivity index (χ1n) is 9.77. The van der Waals surface area contributed by atoms with Gasteiger partial charge >= 0.3 is 11.8 Å². The van der Waals surface area contributed by atoms with Crippen LogP contribution in [0.2, 0.25) is 0 Å². The second kappa shape index (κ2) is 12.2. The van der Waals surface area contributed by atoms with Gasteiger partial charge in [0, 0.05) is 19.7 Å². The number of esters is 1. The van der Waals surface area contributed by atoms with Crippen LogP contribution in [0, 0.1) is 17.0 Å². The lowest BCUT2D eigenvalue weighted by atomic mass is 10.3. The minimum absolute atomic E-state index is 0.0848. The van der Waals surface area contributed by atoms with Crippen LogP contribution in [0.5, 0.6) is 5.75 Å². The summed E-state index contributed by atoms with van der Waals surface area (Å²) < 4.78 is 11.4. The Morgan fingerprint density at radius 2 is 1.94 bits per heavy atom. The molecule has 3 rings (SSSR count). The Balaban J connectivity index is 0.000000270. The van der Waals surface area contributed by atoms with Gasteiger partial charge in [-0.3, -0.25) is 4.79 Å². The standard InChI is InChI=1S/C14H11Cl2NO4.C7H11N3O3/c1-17(13(18)12(15)16)9-4-6-10(7-5-9)21-14(19)11-3-2-8-20-11;1-5(11)4-9-6(2)8-3-7(9)10(12)13/h2-8,12H,1H3;3,5,11H,4H2,1-2H3. The molecule has 13 heteroatoms. The lowest BCUT2D eigenvalue weighted by Crippen LogP contribution is -2.30. The number of halogens is 2. The van der Waals surface area contributed by atoms with E-state index in [9.17, 15) is 19.7 Å². The average Bonchev–Trinajstić information content (AvgIpc) is 3.44. The number of aromatic nitrogens is 2. The van der Waals surface area contributed by atoms with Crippen LogP contribution in [-0.4, -0.2) is 49.4 Å². The number of hydrogen-bond donors (Lipinski definition) is 1. The molecule has 2 heterocycles. The molecule has 182 valence electrons. The van der Waals surface area contributed by atoms with Crippen LogP contribution in [0.25, 0.3) is 0 Å². The van der Waals surface area contributed by atoms with Crippen LogP contribution in [0.3, 0.4) is 0 Å². The van der Waals surface area contributed by atoms with Crippen molar-refractivity contribution in [3.05, 3.63) is 70.6 Å². The molecule has 2 aromatic heterocycles. The van der Waals surface area contributed by atoms with Gasteiger partial charge in [-0.05, 0) is 48.2 Å². The van der Waals surface area contributed by atoms with Crippen LogP contribution in [0.15, 0.2) is 53.3 Å². The third-order valence-electron chi connectivity index (χ3n) is 4.34. The Hall–Kier alpha value is -3.41. The van der Waals surface area contributed by atoms with Gasteiger partial charge in [-0.15, -0.1) is 0 Å². The molecule has 0 fully saturated rings. The van der Waals surface area contributed by atoms with E-state index in [-0.39, 0.29) is 18.1 Å². The van der Waals surface area contributed by atoms with Crippen molar-refractivity contribution in [2.75, 3.05) is 11.9 Å². The summed E-state index contributed by atoms with van der Waals surface area (Å²) in [6, 6.07) is 9.42. The molecular formula is C21H22Cl2N4O7. The first-order valence-corrected chi connectivity index (χ1v) is 10.6. The SMILES string of the molecule is CN(C(=O)C(Cl)Cl)c1ccc(OC(=O)c2ccco2)cc1.Cc1ncc([N+](=O)[O-])n1CC(C)O. The van der Waals surface area contributed by atoms with E-state index < -0.39 is 27.7 Å². The van der Waals surface area contributed by atoms with Gasteiger partial charge in [-0.1, -0.05) is 23.2 Å². The second-order valence-corrected chi connectivity index (χ2v) is 8.04. The number of rotatable bonds is 7. The van der Waals surface area contributed by atoms with E-state index in [4.69, 9.17) is 37.5 Å². The molecule has 1 amide bonds. The summed E-state index contributed by atoms with van der Waals surface area (Å²) in [6.07, 6.45) is 1.96. The first-order chi connectivity index (χ1) is 16.0. The molecule has 1 N–H and O–H groups in total. The van der Waals surface area contributed by atoms with E-state index in [1.54, 1.807) is 51.2 Å². The molecule has 0 aliphatic heterocycles. The van der Waals surface area contributed by atoms with E-state index in [0.717, 1.165) is 0 Å².